The number of hydrogen-bond donors (Lipinski definition) is 1. The van der Waals surface area contributed by atoms with Crippen molar-refractivity contribution in [3.63, 3.8) is 0 Å². The maximum absolute atomic E-state index is 13.1. The Bertz CT molecular complexity index is 875. The lowest BCUT2D eigenvalue weighted by atomic mass is 10.1. The standard InChI is InChI=1S/C19H18ClFN2O5/c1-25-16-6-11(7-17(26-2)19(16)27-3)15(9-22)23-18(24)10-28-12-4-5-14(21)13(20)8-12/h4-8,15H,10H2,1-3H3,(H,23,24). The summed E-state index contributed by atoms with van der Waals surface area (Å²) < 4.78 is 34.2. The molecular formula is C19H18ClFN2O5. The van der Waals surface area contributed by atoms with Crippen molar-refractivity contribution >= 4 is 17.5 Å². The van der Waals surface area contributed by atoms with Gasteiger partial charge in [-0.25, -0.2) is 4.39 Å². The summed E-state index contributed by atoms with van der Waals surface area (Å²) in [5, 5.41) is 11.9. The third kappa shape index (κ3) is 4.96. The third-order valence-corrected chi connectivity index (χ3v) is 4.01. The Morgan fingerprint density at radius 1 is 1.18 bits per heavy atom. The molecule has 1 amide bonds. The van der Waals surface area contributed by atoms with E-state index in [4.69, 9.17) is 30.5 Å². The summed E-state index contributed by atoms with van der Waals surface area (Å²) in [7, 11) is 4.36. The van der Waals surface area contributed by atoms with E-state index in [1.807, 2.05) is 6.07 Å². The van der Waals surface area contributed by atoms with Gasteiger partial charge in [0.25, 0.3) is 5.91 Å². The first-order chi connectivity index (χ1) is 13.4. The average Bonchev–Trinajstić information content (AvgIpc) is 2.71. The number of nitrogens with zero attached hydrogens (tertiary/aromatic N) is 1. The van der Waals surface area contributed by atoms with E-state index in [9.17, 15) is 14.4 Å². The predicted octanol–water partition coefficient (Wildman–Crippen LogP) is 3.26. The largest absolute Gasteiger partial charge is 0.493 e. The second-order valence-electron chi connectivity index (χ2n) is 5.45. The number of carbonyl (C=O) groups excluding carboxylic acids is 1. The molecule has 0 radical (unpaired) electrons. The third-order valence-electron chi connectivity index (χ3n) is 3.72. The summed E-state index contributed by atoms with van der Waals surface area (Å²) in [6.07, 6.45) is 0. The molecule has 0 heterocycles. The normalized spacial score (nSPS) is 11.1. The molecule has 28 heavy (non-hydrogen) atoms. The highest BCUT2D eigenvalue weighted by atomic mass is 35.5. The van der Waals surface area contributed by atoms with E-state index >= 15 is 0 Å². The fourth-order valence-corrected chi connectivity index (χ4v) is 2.55. The van der Waals surface area contributed by atoms with Gasteiger partial charge in [-0.2, -0.15) is 5.26 Å². The van der Waals surface area contributed by atoms with E-state index in [2.05, 4.69) is 5.32 Å². The second-order valence-corrected chi connectivity index (χ2v) is 5.86. The fraction of sp³-hybridized carbons (Fsp3) is 0.263. The fourth-order valence-electron chi connectivity index (χ4n) is 2.38. The Hall–Kier alpha value is -3.18. The van der Waals surface area contributed by atoms with Gasteiger partial charge in [-0.05, 0) is 29.8 Å². The zero-order valence-corrected chi connectivity index (χ0v) is 16.2. The number of hydrogen-bond acceptors (Lipinski definition) is 6. The van der Waals surface area contributed by atoms with E-state index in [1.54, 1.807) is 12.1 Å². The quantitative estimate of drug-likeness (QED) is 0.721. The van der Waals surface area contributed by atoms with E-state index < -0.39 is 17.8 Å². The van der Waals surface area contributed by atoms with Crippen molar-refractivity contribution in [2.75, 3.05) is 27.9 Å². The highest BCUT2D eigenvalue weighted by molar-refractivity contribution is 6.30. The lowest BCUT2D eigenvalue weighted by molar-refractivity contribution is -0.123. The average molecular weight is 409 g/mol. The van der Waals surface area contributed by atoms with Gasteiger partial charge < -0.3 is 24.3 Å². The molecule has 0 aromatic heterocycles. The first-order valence-electron chi connectivity index (χ1n) is 8.00. The molecular weight excluding hydrogens is 391 g/mol. The first kappa shape index (κ1) is 21.1. The SMILES string of the molecule is COc1cc(C(C#N)NC(=O)COc2ccc(F)c(Cl)c2)cc(OC)c1OC. The van der Waals surface area contributed by atoms with Crippen LogP contribution < -0.4 is 24.3 Å². The van der Waals surface area contributed by atoms with Gasteiger partial charge in [0.15, 0.2) is 18.1 Å². The van der Waals surface area contributed by atoms with Crippen molar-refractivity contribution < 1.29 is 28.1 Å². The Morgan fingerprint density at radius 3 is 2.32 bits per heavy atom. The van der Waals surface area contributed by atoms with Crippen LogP contribution in [0, 0.1) is 17.1 Å². The van der Waals surface area contributed by atoms with Crippen molar-refractivity contribution in [3.05, 3.63) is 46.7 Å². The summed E-state index contributed by atoms with van der Waals surface area (Å²) in [5.41, 5.74) is 0.440. The molecule has 0 aliphatic heterocycles. The van der Waals surface area contributed by atoms with Gasteiger partial charge in [0.2, 0.25) is 5.75 Å². The van der Waals surface area contributed by atoms with Crippen LogP contribution in [0.4, 0.5) is 4.39 Å². The smallest absolute Gasteiger partial charge is 0.259 e. The minimum Gasteiger partial charge on any atom is -0.493 e. The zero-order chi connectivity index (χ0) is 20.7. The second kappa shape index (κ2) is 9.67. The van der Waals surface area contributed by atoms with E-state index in [0.717, 1.165) is 6.07 Å². The summed E-state index contributed by atoms with van der Waals surface area (Å²) in [6, 6.07) is 7.87. The maximum atomic E-state index is 13.1. The van der Waals surface area contributed by atoms with Crippen LogP contribution in [0.3, 0.4) is 0 Å². The van der Waals surface area contributed by atoms with Crippen molar-refractivity contribution in [2.24, 2.45) is 0 Å². The number of halogens is 2. The summed E-state index contributed by atoms with van der Waals surface area (Å²) in [5.74, 6) is 0.148. The lowest BCUT2D eigenvalue weighted by Gasteiger charge is -2.17. The molecule has 0 saturated heterocycles. The number of rotatable bonds is 8. The van der Waals surface area contributed by atoms with Crippen molar-refractivity contribution in [2.45, 2.75) is 6.04 Å². The molecule has 1 N–H and O–H groups in total. The molecule has 2 rings (SSSR count). The molecule has 0 aliphatic carbocycles. The van der Waals surface area contributed by atoms with Crippen LogP contribution in [0.1, 0.15) is 11.6 Å². The van der Waals surface area contributed by atoms with Crippen molar-refractivity contribution in [3.8, 4) is 29.1 Å². The molecule has 0 aliphatic rings. The van der Waals surface area contributed by atoms with E-state index in [0.29, 0.717) is 22.8 Å². The van der Waals surface area contributed by atoms with E-state index in [1.165, 1.54) is 33.5 Å². The minimum absolute atomic E-state index is 0.120. The van der Waals surface area contributed by atoms with Crippen molar-refractivity contribution in [1.29, 1.82) is 5.26 Å². The van der Waals surface area contributed by atoms with Crippen LogP contribution in [0.15, 0.2) is 30.3 Å². The first-order valence-corrected chi connectivity index (χ1v) is 8.38. The predicted molar refractivity (Wildman–Crippen MR) is 99.5 cm³/mol. The molecule has 0 spiro atoms. The molecule has 0 saturated carbocycles. The van der Waals surface area contributed by atoms with Crippen LogP contribution in [-0.4, -0.2) is 33.8 Å². The molecule has 2 aromatic carbocycles. The van der Waals surface area contributed by atoms with Crippen molar-refractivity contribution in [1.82, 2.24) is 5.32 Å². The molecule has 1 unspecified atom stereocenters. The van der Waals surface area contributed by atoms with Crippen LogP contribution in [-0.2, 0) is 4.79 Å². The number of ether oxygens (including phenoxy) is 4. The maximum Gasteiger partial charge on any atom is 0.259 e. The molecule has 2 aromatic rings. The molecule has 0 bridgehead atoms. The zero-order valence-electron chi connectivity index (χ0n) is 15.4. The van der Waals surface area contributed by atoms with Gasteiger partial charge in [0.05, 0.1) is 32.4 Å². The van der Waals surface area contributed by atoms with Crippen LogP contribution in [0.25, 0.3) is 0 Å². The van der Waals surface area contributed by atoms with Gasteiger partial charge in [0, 0.05) is 6.07 Å². The van der Waals surface area contributed by atoms with Crippen LogP contribution in [0.2, 0.25) is 5.02 Å². The minimum atomic E-state index is -0.985. The highest BCUT2D eigenvalue weighted by Gasteiger charge is 2.20. The molecule has 0 fully saturated rings. The number of benzene rings is 2. The summed E-state index contributed by atoms with van der Waals surface area (Å²) in [6.45, 7) is -0.384. The Kier molecular flexibility index (Phi) is 7.29. The van der Waals surface area contributed by atoms with Gasteiger partial charge >= 0.3 is 0 Å². The van der Waals surface area contributed by atoms with E-state index in [-0.39, 0.29) is 17.4 Å². The molecule has 148 valence electrons. The lowest BCUT2D eigenvalue weighted by Crippen LogP contribution is -2.32. The van der Waals surface area contributed by atoms with Crippen LogP contribution in [0.5, 0.6) is 23.0 Å². The molecule has 9 heteroatoms. The summed E-state index contributed by atoms with van der Waals surface area (Å²) in [4.78, 5) is 12.2. The number of nitrogens with one attached hydrogen (secondary N) is 1. The summed E-state index contributed by atoms with van der Waals surface area (Å²) >= 11 is 5.67. The Labute approximate surface area is 166 Å². The molecule has 7 nitrogen and oxygen atoms in total. The number of nitriles is 1. The van der Waals surface area contributed by atoms with Gasteiger partial charge in [-0.1, -0.05) is 11.6 Å². The molecule has 1 atom stereocenters. The Morgan fingerprint density at radius 2 is 1.82 bits per heavy atom. The highest BCUT2D eigenvalue weighted by Crippen LogP contribution is 2.39. The number of methoxy groups -OCH3 is 3. The van der Waals surface area contributed by atoms with Gasteiger partial charge in [-0.15, -0.1) is 0 Å². The number of carbonyl (C=O) groups is 1. The van der Waals surface area contributed by atoms with Gasteiger partial charge in [-0.3, -0.25) is 4.79 Å². The van der Waals surface area contributed by atoms with Gasteiger partial charge in [0.1, 0.15) is 17.6 Å². The van der Waals surface area contributed by atoms with Crippen LogP contribution >= 0.6 is 11.6 Å². The monoisotopic (exact) mass is 408 g/mol. The number of amides is 1. The topological polar surface area (TPSA) is 89.8 Å². The Balaban J connectivity index is 2.12.